The first-order valence-electron chi connectivity index (χ1n) is 5.86. The number of hydrogen-bond acceptors (Lipinski definition) is 3. The number of halogens is 7. The van der Waals surface area contributed by atoms with Crippen LogP contribution in [-0.2, 0) is 14.3 Å². The Morgan fingerprint density at radius 3 is 1.91 bits per heavy atom. The Morgan fingerprint density at radius 1 is 1.09 bits per heavy atom. The molecule has 0 heterocycles. The highest BCUT2D eigenvalue weighted by Gasteiger charge is 2.50. The summed E-state index contributed by atoms with van der Waals surface area (Å²) >= 11 is 5.55. The monoisotopic (exact) mass is 382 g/mol. The van der Waals surface area contributed by atoms with Crippen LogP contribution in [0.25, 0.3) is 5.76 Å². The van der Waals surface area contributed by atoms with E-state index in [1.54, 1.807) is 0 Å². The van der Waals surface area contributed by atoms with Crippen LogP contribution in [-0.4, -0.2) is 20.1 Å². The van der Waals surface area contributed by atoms with Crippen LogP contribution in [0.3, 0.4) is 0 Å². The smallest absolute Gasteiger partial charge is 0.375 e. The van der Waals surface area contributed by atoms with Gasteiger partial charge in [-0.15, -0.1) is 0 Å². The van der Waals surface area contributed by atoms with Crippen molar-refractivity contribution in [3.63, 3.8) is 0 Å². The van der Waals surface area contributed by atoms with Gasteiger partial charge in [0.1, 0.15) is 0 Å². The van der Waals surface area contributed by atoms with E-state index in [1.807, 2.05) is 0 Å². The van der Waals surface area contributed by atoms with Gasteiger partial charge in [-0.3, -0.25) is 0 Å². The van der Waals surface area contributed by atoms with Gasteiger partial charge in [0, 0.05) is 10.6 Å². The van der Waals surface area contributed by atoms with Crippen molar-refractivity contribution < 1.29 is 38.9 Å². The van der Waals surface area contributed by atoms with Crippen LogP contribution in [0.15, 0.2) is 29.8 Å². The van der Waals surface area contributed by atoms with Crippen LogP contribution >= 0.6 is 11.6 Å². The Bertz CT molecular complexity index is 689. The first-order chi connectivity index (χ1) is 10.3. The molecular weight excluding hydrogens is 374 g/mol. The molecule has 0 atom stereocenters. The third-order valence-electron chi connectivity index (χ3n) is 2.55. The molecule has 23 heavy (non-hydrogen) atoms. The van der Waals surface area contributed by atoms with Crippen molar-refractivity contribution in [2.75, 3.05) is 0 Å². The van der Waals surface area contributed by atoms with Gasteiger partial charge in [0.25, 0.3) is 0 Å². The predicted octanol–water partition coefficient (Wildman–Crippen LogP) is 4.89. The SMILES string of the molecule is CC/C(=C(\OS(=O)(=O)C(F)(F)F)c1ccc(Cl)cc1)C(F)(F)F. The second kappa shape index (κ2) is 6.60. The largest absolute Gasteiger partial charge is 0.534 e. The van der Waals surface area contributed by atoms with E-state index >= 15 is 0 Å². The topological polar surface area (TPSA) is 43.4 Å². The molecule has 1 rings (SSSR count). The molecular formula is C12H9ClF6O3S. The zero-order chi connectivity index (χ0) is 18.1. The maximum absolute atomic E-state index is 13.0. The fourth-order valence-corrected chi connectivity index (χ4v) is 2.16. The van der Waals surface area contributed by atoms with Crippen LogP contribution in [0.1, 0.15) is 18.9 Å². The van der Waals surface area contributed by atoms with Crippen molar-refractivity contribution in [2.24, 2.45) is 0 Å². The molecule has 0 bridgehead atoms. The molecule has 0 aliphatic rings. The van der Waals surface area contributed by atoms with Crippen molar-refractivity contribution >= 4 is 27.5 Å². The minimum atomic E-state index is -6.26. The summed E-state index contributed by atoms with van der Waals surface area (Å²) in [6.45, 7) is 1.00. The minimum Gasteiger partial charge on any atom is -0.375 e. The molecule has 0 saturated carbocycles. The van der Waals surface area contributed by atoms with Crippen molar-refractivity contribution in [1.29, 1.82) is 0 Å². The first-order valence-corrected chi connectivity index (χ1v) is 7.65. The van der Waals surface area contributed by atoms with Gasteiger partial charge in [0.15, 0.2) is 5.76 Å². The summed E-state index contributed by atoms with van der Waals surface area (Å²) in [4.78, 5) is 0. The average molecular weight is 383 g/mol. The molecule has 1 aromatic carbocycles. The highest BCUT2D eigenvalue weighted by molar-refractivity contribution is 7.87. The lowest BCUT2D eigenvalue weighted by molar-refractivity contribution is -0.0942. The molecule has 0 aromatic heterocycles. The summed E-state index contributed by atoms with van der Waals surface area (Å²) < 4.78 is 102. The second-order valence-corrected chi connectivity index (χ2v) is 6.12. The minimum absolute atomic E-state index is 0.0943. The highest BCUT2D eigenvalue weighted by Crippen LogP contribution is 2.38. The Labute approximate surface area is 132 Å². The predicted molar refractivity (Wildman–Crippen MR) is 70.8 cm³/mol. The third kappa shape index (κ3) is 4.77. The van der Waals surface area contributed by atoms with Gasteiger partial charge >= 0.3 is 21.8 Å². The molecule has 0 spiro atoms. The van der Waals surface area contributed by atoms with E-state index in [1.165, 1.54) is 0 Å². The van der Waals surface area contributed by atoms with Crippen molar-refractivity contribution in [3.8, 4) is 0 Å². The molecule has 130 valence electrons. The molecule has 0 aliphatic carbocycles. The number of allylic oxidation sites excluding steroid dienone is 1. The lowest BCUT2D eigenvalue weighted by Gasteiger charge is -2.18. The zero-order valence-electron chi connectivity index (χ0n) is 11.3. The van der Waals surface area contributed by atoms with Gasteiger partial charge in [-0.2, -0.15) is 34.8 Å². The Kier molecular flexibility index (Phi) is 5.63. The highest BCUT2D eigenvalue weighted by atomic mass is 35.5. The van der Waals surface area contributed by atoms with Gasteiger partial charge in [0.2, 0.25) is 0 Å². The van der Waals surface area contributed by atoms with Crippen LogP contribution in [0.5, 0.6) is 0 Å². The van der Waals surface area contributed by atoms with E-state index in [0.717, 1.165) is 31.2 Å². The van der Waals surface area contributed by atoms with Gasteiger partial charge in [-0.25, -0.2) is 0 Å². The maximum atomic E-state index is 13.0. The molecule has 0 unspecified atom stereocenters. The van der Waals surface area contributed by atoms with E-state index in [4.69, 9.17) is 11.6 Å². The summed E-state index contributed by atoms with van der Waals surface area (Å²) in [6, 6.07) is 4.02. The van der Waals surface area contributed by atoms with Gasteiger partial charge in [-0.1, -0.05) is 18.5 Å². The standard InChI is InChI=1S/C12H9ClF6O3S/c1-2-9(11(14,15)16)10(7-3-5-8(13)6-4-7)22-23(20,21)12(17,18)19/h3-6H,2H2,1H3/b10-9+. The third-order valence-corrected chi connectivity index (χ3v) is 3.76. The van der Waals surface area contributed by atoms with Crippen molar-refractivity contribution in [1.82, 2.24) is 0 Å². The normalized spacial score (nSPS) is 14.4. The Balaban J connectivity index is 3.57. The van der Waals surface area contributed by atoms with Crippen molar-refractivity contribution in [3.05, 3.63) is 40.4 Å². The van der Waals surface area contributed by atoms with Gasteiger partial charge < -0.3 is 4.18 Å². The average Bonchev–Trinajstić information content (AvgIpc) is 2.36. The van der Waals surface area contributed by atoms with Crippen LogP contribution in [0.2, 0.25) is 5.02 Å². The van der Waals surface area contributed by atoms with E-state index in [-0.39, 0.29) is 5.02 Å². The fraction of sp³-hybridized carbons (Fsp3) is 0.333. The molecule has 0 saturated heterocycles. The van der Waals surface area contributed by atoms with Crippen LogP contribution in [0, 0.1) is 0 Å². The van der Waals surface area contributed by atoms with E-state index in [9.17, 15) is 34.8 Å². The lowest BCUT2D eigenvalue weighted by atomic mass is 10.1. The molecule has 0 fully saturated rings. The molecule has 0 radical (unpaired) electrons. The fourth-order valence-electron chi connectivity index (χ4n) is 1.52. The summed E-state index contributed by atoms with van der Waals surface area (Å²) in [7, 11) is -6.26. The zero-order valence-corrected chi connectivity index (χ0v) is 12.9. The van der Waals surface area contributed by atoms with Gasteiger partial charge in [0.05, 0.1) is 5.57 Å². The first kappa shape index (κ1) is 19.6. The van der Waals surface area contributed by atoms with Gasteiger partial charge in [-0.05, 0) is 30.7 Å². The van der Waals surface area contributed by atoms with Crippen LogP contribution in [0.4, 0.5) is 26.3 Å². The van der Waals surface area contributed by atoms with Crippen LogP contribution < -0.4 is 0 Å². The Morgan fingerprint density at radius 2 is 1.57 bits per heavy atom. The number of rotatable bonds is 4. The van der Waals surface area contributed by atoms with E-state index < -0.39 is 45.1 Å². The van der Waals surface area contributed by atoms with E-state index in [2.05, 4.69) is 4.18 Å². The molecule has 0 N–H and O–H groups in total. The summed E-state index contributed by atoms with van der Waals surface area (Å²) in [5.41, 5.74) is -7.92. The number of benzene rings is 1. The summed E-state index contributed by atoms with van der Waals surface area (Å²) in [5, 5.41) is 0.0943. The number of hydrogen-bond donors (Lipinski definition) is 0. The summed E-state index contributed by atoms with van der Waals surface area (Å²) in [6.07, 6.45) is -5.88. The molecule has 0 amide bonds. The maximum Gasteiger partial charge on any atom is 0.534 e. The quantitative estimate of drug-likeness (QED) is 0.322. The number of alkyl halides is 6. The molecule has 1 aromatic rings. The van der Waals surface area contributed by atoms with E-state index in [0.29, 0.717) is 0 Å². The molecule has 11 heteroatoms. The second-order valence-electron chi connectivity index (χ2n) is 4.15. The molecule has 3 nitrogen and oxygen atoms in total. The lowest BCUT2D eigenvalue weighted by Crippen LogP contribution is -2.26. The Hall–Kier alpha value is -1.42. The molecule has 0 aliphatic heterocycles. The van der Waals surface area contributed by atoms with Crippen molar-refractivity contribution in [2.45, 2.75) is 25.0 Å². The summed E-state index contributed by atoms with van der Waals surface area (Å²) in [5.74, 6) is -1.44.